The lowest BCUT2D eigenvalue weighted by molar-refractivity contribution is -0.123. The van der Waals surface area contributed by atoms with Crippen LogP contribution in [0.15, 0.2) is 53.0 Å². The number of amides is 1. The van der Waals surface area contributed by atoms with Crippen LogP contribution in [0.5, 0.6) is 5.75 Å². The summed E-state index contributed by atoms with van der Waals surface area (Å²) in [4.78, 5) is 11.9. The largest absolute Gasteiger partial charge is 0.484 e. The molecule has 1 aromatic heterocycles. The molecular formula is C16H13BrClN5O2. The number of carbonyl (C=O) groups is 1. The zero-order valence-corrected chi connectivity index (χ0v) is 15.2. The van der Waals surface area contributed by atoms with Crippen LogP contribution in [0.25, 0.3) is 5.69 Å². The second-order valence-corrected chi connectivity index (χ2v) is 6.36. The third-order valence-electron chi connectivity index (χ3n) is 3.21. The van der Waals surface area contributed by atoms with E-state index in [9.17, 15) is 4.79 Å². The van der Waals surface area contributed by atoms with E-state index in [0.29, 0.717) is 16.6 Å². The van der Waals surface area contributed by atoms with E-state index in [-0.39, 0.29) is 19.1 Å². The number of nitrogens with zero attached hydrogens (tertiary/aromatic N) is 4. The monoisotopic (exact) mass is 421 g/mol. The second kappa shape index (κ2) is 8.09. The number of nitrogens with one attached hydrogen (secondary N) is 1. The van der Waals surface area contributed by atoms with Crippen molar-refractivity contribution in [1.29, 1.82) is 0 Å². The maximum absolute atomic E-state index is 11.9. The normalized spacial score (nSPS) is 10.5. The Labute approximate surface area is 157 Å². The molecule has 0 fully saturated rings. The fourth-order valence-electron chi connectivity index (χ4n) is 2.03. The fourth-order valence-corrected chi connectivity index (χ4v) is 2.55. The van der Waals surface area contributed by atoms with Crippen LogP contribution < -0.4 is 10.1 Å². The van der Waals surface area contributed by atoms with E-state index in [1.54, 1.807) is 28.9 Å². The summed E-state index contributed by atoms with van der Waals surface area (Å²) in [7, 11) is 0. The van der Waals surface area contributed by atoms with Gasteiger partial charge in [0.1, 0.15) is 5.75 Å². The Morgan fingerprint density at radius 3 is 2.80 bits per heavy atom. The minimum absolute atomic E-state index is 0.111. The number of halogens is 2. The lowest BCUT2D eigenvalue weighted by Crippen LogP contribution is -2.29. The molecule has 25 heavy (non-hydrogen) atoms. The van der Waals surface area contributed by atoms with E-state index in [1.165, 1.54) is 0 Å². The first-order valence-electron chi connectivity index (χ1n) is 7.30. The van der Waals surface area contributed by atoms with Gasteiger partial charge in [-0.3, -0.25) is 4.79 Å². The molecule has 0 aliphatic rings. The average Bonchev–Trinajstić information content (AvgIpc) is 3.08. The predicted molar refractivity (Wildman–Crippen MR) is 95.6 cm³/mol. The molecule has 9 heteroatoms. The number of aromatic nitrogens is 4. The Hall–Kier alpha value is -2.45. The smallest absolute Gasteiger partial charge is 0.258 e. The van der Waals surface area contributed by atoms with Gasteiger partial charge in [-0.25, -0.2) is 0 Å². The third-order valence-corrected chi connectivity index (χ3v) is 3.96. The maximum atomic E-state index is 11.9. The van der Waals surface area contributed by atoms with E-state index in [4.69, 9.17) is 16.3 Å². The first-order valence-corrected chi connectivity index (χ1v) is 8.47. The molecule has 0 unspecified atom stereocenters. The molecule has 1 heterocycles. The fraction of sp³-hybridized carbons (Fsp3) is 0.125. The summed E-state index contributed by atoms with van der Waals surface area (Å²) in [5, 5.41) is 14.9. The lowest BCUT2D eigenvalue weighted by Gasteiger charge is -2.08. The van der Waals surface area contributed by atoms with Crippen LogP contribution in [0.3, 0.4) is 0 Å². The van der Waals surface area contributed by atoms with Crippen LogP contribution in [0, 0.1) is 0 Å². The highest BCUT2D eigenvalue weighted by Gasteiger charge is 2.10. The van der Waals surface area contributed by atoms with Crippen LogP contribution in [0.4, 0.5) is 0 Å². The van der Waals surface area contributed by atoms with Gasteiger partial charge in [0.2, 0.25) is 0 Å². The third kappa shape index (κ3) is 4.77. The quantitative estimate of drug-likeness (QED) is 0.660. The van der Waals surface area contributed by atoms with Crippen molar-refractivity contribution in [2.24, 2.45) is 0 Å². The van der Waals surface area contributed by atoms with Crippen molar-refractivity contribution < 1.29 is 9.53 Å². The van der Waals surface area contributed by atoms with Gasteiger partial charge >= 0.3 is 0 Å². The average molecular weight is 423 g/mol. The van der Waals surface area contributed by atoms with Gasteiger partial charge in [0, 0.05) is 9.50 Å². The van der Waals surface area contributed by atoms with Crippen LogP contribution in [-0.2, 0) is 11.3 Å². The SMILES string of the molecule is O=C(COc1ccc(Cl)cc1)NCc1nnnn1-c1cccc(Br)c1. The Morgan fingerprint density at radius 1 is 1.24 bits per heavy atom. The first-order chi connectivity index (χ1) is 12.1. The van der Waals surface area contributed by atoms with Gasteiger partial charge < -0.3 is 10.1 Å². The molecule has 0 atom stereocenters. The molecule has 0 spiro atoms. The predicted octanol–water partition coefficient (Wildman–Crippen LogP) is 2.77. The number of rotatable bonds is 6. The summed E-state index contributed by atoms with van der Waals surface area (Å²) >= 11 is 9.20. The van der Waals surface area contributed by atoms with Crippen LogP contribution in [0.2, 0.25) is 5.02 Å². The van der Waals surface area contributed by atoms with Gasteiger partial charge in [-0.15, -0.1) is 5.10 Å². The van der Waals surface area contributed by atoms with Gasteiger partial charge in [0.15, 0.2) is 12.4 Å². The Kier molecular flexibility index (Phi) is 5.62. The van der Waals surface area contributed by atoms with E-state index < -0.39 is 0 Å². The molecule has 0 aliphatic carbocycles. The zero-order valence-electron chi connectivity index (χ0n) is 12.9. The molecule has 0 radical (unpaired) electrons. The molecule has 0 aliphatic heterocycles. The molecule has 3 rings (SSSR count). The molecular weight excluding hydrogens is 410 g/mol. The van der Waals surface area contributed by atoms with Crippen molar-refractivity contribution in [2.75, 3.05) is 6.61 Å². The summed E-state index contributed by atoms with van der Waals surface area (Å²) in [6.07, 6.45) is 0. The number of hydrogen-bond donors (Lipinski definition) is 1. The Morgan fingerprint density at radius 2 is 2.04 bits per heavy atom. The molecule has 128 valence electrons. The molecule has 0 bridgehead atoms. The molecule has 1 N–H and O–H groups in total. The number of ether oxygens (including phenoxy) is 1. The van der Waals surface area contributed by atoms with Crippen molar-refractivity contribution in [3.8, 4) is 11.4 Å². The Balaban J connectivity index is 1.56. The van der Waals surface area contributed by atoms with Crippen LogP contribution in [-0.4, -0.2) is 32.7 Å². The number of carbonyl (C=O) groups excluding carboxylic acids is 1. The molecule has 0 saturated carbocycles. The van der Waals surface area contributed by atoms with Gasteiger partial charge in [0.05, 0.1) is 12.2 Å². The number of benzene rings is 2. The van der Waals surface area contributed by atoms with Gasteiger partial charge in [-0.2, -0.15) is 4.68 Å². The van der Waals surface area contributed by atoms with Gasteiger partial charge in [-0.05, 0) is 52.9 Å². The number of tetrazole rings is 1. The van der Waals surface area contributed by atoms with E-state index in [0.717, 1.165) is 10.2 Å². The second-order valence-electron chi connectivity index (χ2n) is 5.01. The molecule has 1 amide bonds. The molecule has 0 saturated heterocycles. The maximum Gasteiger partial charge on any atom is 0.258 e. The lowest BCUT2D eigenvalue weighted by atomic mass is 10.3. The summed E-state index contributed by atoms with van der Waals surface area (Å²) in [6.45, 7) is 0.0718. The highest BCUT2D eigenvalue weighted by atomic mass is 79.9. The van der Waals surface area contributed by atoms with E-state index >= 15 is 0 Å². The van der Waals surface area contributed by atoms with Crippen LogP contribution in [0.1, 0.15) is 5.82 Å². The van der Waals surface area contributed by atoms with E-state index in [2.05, 4.69) is 36.8 Å². The van der Waals surface area contributed by atoms with Crippen LogP contribution >= 0.6 is 27.5 Å². The van der Waals surface area contributed by atoms with E-state index in [1.807, 2.05) is 24.3 Å². The summed E-state index contributed by atoms with van der Waals surface area (Å²) in [6, 6.07) is 14.3. The minimum atomic E-state index is -0.279. The molecule has 2 aromatic carbocycles. The topological polar surface area (TPSA) is 81.9 Å². The highest BCUT2D eigenvalue weighted by molar-refractivity contribution is 9.10. The van der Waals surface area contributed by atoms with Crippen molar-refractivity contribution in [3.05, 3.63) is 63.9 Å². The minimum Gasteiger partial charge on any atom is -0.484 e. The van der Waals surface area contributed by atoms with Gasteiger partial charge in [-0.1, -0.05) is 33.6 Å². The van der Waals surface area contributed by atoms with Crippen molar-refractivity contribution in [2.45, 2.75) is 6.54 Å². The summed E-state index contributed by atoms with van der Waals surface area (Å²) in [5.74, 6) is 0.801. The zero-order chi connectivity index (χ0) is 17.6. The van der Waals surface area contributed by atoms with Crippen molar-refractivity contribution in [3.63, 3.8) is 0 Å². The van der Waals surface area contributed by atoms with Gasteiger partial charge in [0.25, 0.3) is 5.91 Å². The highest BCUT2D eigenvalue weighted by Crippen LogP contribution is 2.16. The standard InChI is InChI=1S/C16H13BrClN5O2/c17-11-2-1-3-13(8-11)23-15(20-21-22-23)9-19-16(24)10-25-14-6-4-12(18)5-7-14/h1-8H,9-10H2,(H,19,24). The molecule has 7 nitrogen and oxygen atoms in total. The molecule has 3 aromatic rings. The Bertz CT molecular complexity index is 869. The summed E-state index contributed by atoms with van der Waals surface area (Å²) in [5.41, 5.74) is 0.793. The first kappa shape index (κ1) is 17.4. The number of hydrogen-bond acceptors (Lipinski definition) is 5. The van der Waals surface area contributed by atoms with Crippen molar-refractivity contribution in [1.82, 2.24) is 25.5 Å². The summed E-state index contributed by atoms with van der Waals surface area (Å²) < 4.78 is 7.86. The van der Waals surface area contributed by atoms with Crippen molar-refractivity contribution >= 4 is 33.4 Å².